The molecule has 3 aromatic rings. The zero-order valence-corrected chi connectivity index (χ0v) is 17.6. The van der Waals surface area contributed by atoms with E-state index in [-0.39, 0.29) is 23.5 Å². The molecule has 0 aliphatic carbocycles. The van der Waals surface area contributed by atoms with Gasteiger partial charge < -0.3 is 4.74 Å². The van der Waals surface area contributed by atoms with Gasteiger partial charge in [-0.05, 0) is 48.4 Å². The van der Waals surface area contributed by atoms with Crippen molar-refractivity contribution in [3.05, 3.63) is 64.8 Å². The Kier molecular flexibility index (Phi) is 7.37. The first-order valence-corrected chi connectivity index (χ1v) is 10.9. The number of unbranched alkanes of at least 4 members (excludes halogenated alkanes) is 2. The lowest BCUT2D eigenvalue weighted by Gasteiger charge is -2.16. The van der Waals surface area contributed by atoms with Crippen LogP contribution < -0.4 is 4.74 Å². The van der Waals surface area contributed by atoms with Crippen LogP contribution >= 0.6 is 11.3 Å². The number of rotatable bonds is 9. The minimum Gasteiger partial charge on any atom is -0.490 e. The van der Waals surface area contributed by atoms with Crippen molar-refractivity contribution in [1.82, 2.24) is 0 Å². The Hall–Kier alpha value is -2.27. The normalized spacial score (nSPS) is 11.1. The van der Waals surface area contributed by atoms with Crippen molar-refractivity contribution in [1.29, 1.82) is 0 Å². The number of ether oxygens (including phenoxy) is 1. The van der Waals surface area contributed by atoms with E-state index in [4.69, 9.17) is 4.74 Å². The number of aryl methyl sites for hydroxylation is 1. The molecule has 154 valence electrons. The summed E-state index contributed by atoms with van der Waals surface area (Å²) in [5, 5.41) is 1.85. The minimum atomic E-state index is -1.08. The van der Waals surface area contributed by atoms with Crippen LogP contribution in [0.4, 0.5) is 13.2 Å². The fourth-order valence-corrected chi connectivity index (χ4v) is 4.05. The van der Waals surface area contributed by atoms with Crippen molar-refractivity contribution in [2.75, 3.05) is 6.61 Å². The van der Waals surface area contributed by atoms with Gasteiger partial charge in [0.15, 0.2) is 11.6 Å². The maximum atomic E-state index is 15.1. The van der Waals surface area contributed by atoms with E-state index in [9.17, 15) is 8.78 Å². The Bertz CT molecular complexity index is 951. The van der Waals surface area contributed by atoms with Crippen molar-refractivity contribution < 1.29 is 17.9 Å². The first kappa shape index (κ1) is 21.4. The van der Waals surface area contributed by atoms with Crippen LogP contribution in [0, 0.1) is 17.5 Å². The molecule has 0 fully saturated rings. The number of halogens is 3. The van der Waals surface area contributed by atoms with E-state index >= 15 is 4.39 Å². The molecule has 2 aromatic carbocycles. The second-order valence-electron chi connectivity index (χ2n) is 7.02. The molecule has 0 amide bonds. The van der Waals surface area contributed by atoms with Gasteiger partial charge in [0.25, 0.3) is 0 Å². The molecule has 0 unspecified atom stereocenters. The third-order valence-corrected chi connectivity index (χ3v) is 5.70. The minimum absolute atomic E-state index is 0.0612. The summed E-state index contributed by atoms with van der Waals surface area (Å²) in [6.07, 6.45) is 4.57. The lowest BCUT2D eigenvalue weighted by molar-refractivity contribution is 0.296. The largest absolute Gasteiger partial charge is 0.490 e. The predicted molar refractivity (Wildman–Crippen MR) is 114 cm³/mol. The van der Waals surface area contributed by atoms with E-state index in [1.807, 2.05) is 24.4 Å². The summed E-state index contributed by atoms with van der Waals surface area (Å²) in [4.78, 5) is 0.728. The van der Waals surface area contributed by atoms with E-state index in [0.717, 1.165) is 36.1 Å². The van der Waals surface area contributed by atoms with Gasteiger partial charge in [-0.25, -0.2) is 8.78 Å². The van der Waals surface area contributed by atoms with Crippen LogP contribution in [0.25, 0.3) is 21.6 Å². The monoisotopic (exact) mass is 418 g/mol. The quantitative estimate of drug-likeness (QED) is 0.320. The molecule has 0 spiro atoms. The van der Waals surface area contributed by atoms with Crippen LogP contribution in [0.15, 0.2) is 41.8 Å². The Morgan fingerprint density at radius 2 is 1.72 bits per heavy atom. The summed E-state index contributed by atoms with van der Waals surface area (Å²) >= 11 is 1.39. The van der Waals surface area contributed by atoms with Gasteiger partial charge in [0.05, 0.1) is 6.61 Å². The molecule has 0 N–H and O–H groups in total. The molecule has 0 atom stereocenters. The Balaban J connectivity index is 2.09. The first-order valence-electron chi connectivity index (χ1n) is 10.0. The molecule has 0 radical (unpaired) electrons. The zero-order chi connectivity index (χ0) is 20.8. The van der Waals surface area contributed by atoms with Crippen LogP contribution in [-0.2, 0) is 6.42 Å². The van der Waals surface area contributed by atoms with Crippen LogP contribution in [0.3, 0.4) is 0 Å². The maximum Gasteiger partial charge on any atom is 0.201 e. The molecule has 3 rings (SSSR count). The smallest absolute Gasteiger partial charge is 0.201 e. The van der Waals surface area contributed by atoms with E-state index in [2.05, 4.69) is 6.92 Å². The average molecular weight is 419 g/mol. The molecule has 5 heteroatoms. The SMILES string of the molecule is CCCCCc1ccc(-c2c(-c3cccs3)cc(OCCC)c(F)c2F)c(F)c1. The van der Waals surface area contributed by atoms with Crippen molar-refractivity contribution in [3.8, 4) is 27.3 Å². The summed E-state index contributed by atoms with van der Waals surface area (Å²) in [5.41, 5.74) is 1.29. The van der Waals surface area contributed by atoms with Crippen LogP contribution in [0.5, 0.6) is 5.75 Å². The third-order valence-electron chi connectivity index (χ3n) is 4.79. The zero-order valence-electron chi connectivity index (χ0n) is 16.7. The predicted octanol–water partition coefficient (Wildman–Crippen LogP) is 8.02. The van der Waals surface area contributed by atoms with Crippen molar-refractivity contribution in [2.45, 2.75) is 46.0 Å². The number of hydrogen-bond donors (Lipinski definition) is 0. The Morgan fingerprint density at radius 1 is 0.897 bits per heavy atom. The number of hydrogen-bond acceptors (Lipinski definition) is 2. The van der Waals surface area contributed by atoms with Gasteiger partial charge in [0.2, 0.25) is 5.82 Å². The fourth-order valence-electron chi connectivity index (χ4n) is 3.31. The van der Waals surface area contributed by atoms with Crippen molar-refractivity contribution in [3.63, 3.8) is 0 Å². The molecule has 1 heterocycles. The highest BCUT2D eigenvalue weighted by molar-refractivity contribution is 7.13. The van der Waals surface area contributed by atoms with Crippen LogP contribution in [-0.4, -0.2) is 6.61 Å². The molecule has 0 saturated carbocycles. The molecule has 1 aromatic heterocycles. The highest BCUT2D eigenvalue weighted by Crippen LogP contribution is 2.42. The topological polar surface area (TPSA) is 9.23 Å². The molecular formula is C24H25F3OS. The van der Waals surface area contributed by atoms with E-state index < -0.39 is 17.5 Å². The van der Waals surface area contributed by atoms with Gasteiger partial charge >= 0.3 is 0 Å². The first-order chi connectivity index (χ1) is 14.1. The average Bonchev–Trinajstić information content (AvgIpc) is 3.25. The number of benzene rings is 2. The molecule has 0 saturated heterocycles. The molecule has 0 bridgehead atoms. The van der Waals surface area contributed by atoms with E-state index in [1.54, 1.807) is 12.1 Å². The summed E-state index contributed by atoms with van der Waals surface area (Å²) in [6.45, 7) is 4.28. The van der Waals surface area contributed by atoms with Gasteiger partial charge in [0, 0.05) is 21.6 Å². The Labute approximate surface area is 174 Å². The van der Waals surface area contributed by atoms with Gasteiger partial charge in [-0.1, -0.05) is 44.9 Å². The van der Waals surface area contributed by atoms with Gasteiger partial charge in [0.1, 0.15) is 5.82 Å². The van der Waals surface area contributed by atoms with Crippen molar-refractivity contribution >= 4 is 11.3 Å². The van der Waals surface area contributed by atoms with Crippen molar-refractivity contribution in [2.24, 2.45) is 0 Å². The molecular weight excluding hydrogens is 393 g/mol. The number of thiophene rings is 1. The molecule has 0 aliphatic heterocycles. The van der Waals surface area contributed by atoms with Crippen LogP contribution in [0.2, 0.25) is 0 Å². The summed E-state index contributed by atoms with van der Waals surface area (Å²) < 4.78 is 50.2. The van der Waals surface area contributed by atoms with E-state index in [1.165, 1.54) is 23.5 Å². The standard InChI is InChI=1S/C24H25F3OS/c1-3-5-6-8-16-10-11-17(19(25)14-16)22-18(21-9-7-13-29-21)15-20(28-12-4-2)23(26)24(22)27/h7,9-11,13-15H,3-6,8,12H2,1-2H3. The molecule has 0 aliphatic rings. The maximum absolute atomic E-state index is 15.1. The Morgan fingerprint density at radius 3 is 2.38 bits per heavy atom. The molecule has 29 heavy (non-hydrogen) atoms. The summed E-state index contributed by atoms with van der Waals surface area (Å²) in [5.74, 6) is -2.86. The third kappa shape index (κ3) is 4.84. The highest BCUT2D eigenvalue weighted by Gasteiger charge is 2.24. The lowest BCUT2D eigenvalue weighted by atomic mass is 9.95. The second kappa shape index (κ2) is 9.97. The van der Waals surface area contributed by atoms with Gasteiger partial charge in [-0.15, -0.1) is 11.3 Å². The summed E-state index contributed by atoms with van der Waals surface area (Å²) in [6, 6.07) is 9.89. The fraction of sp³-hybridized carbons (Fsp3) is 0.333. The highest BCUT2D eigenvalue weighted by atomic mass is 32.1. The molecule has 1 nitrogen and oxygen atoms in total. The second-order valence-corrected chi connectivity index (χ2v) is 7.97. The van der Waals surface area contributed by atoms with Crippen LogP contribution in [0.1, 0.15) is 45.1 Å². The van der Waals surface area contributed by atoms with E-state index in [0.29, 0.717) is 12.0 Å². The summed E-state index contributed by atoms with van der Waals surface area (Å²) in [7, 11) is 0. The lowest BCUT2D eigenvalue weighted by Crippen LogP contribution is -2.03. The van der Waals surface area contributed by atoms with Gasteiger partial charge in [-0.3, -0.25) is 0 Å². The van der Waals surface area contributed by atoms with Gasteiger partial charge in [-0.2, -0.15) is 4.39 Å².